The van der Waals surface area contributed by atoms with Crippen molar-refractivity contribution in [2.75, 3.05) is 13.7 Å². The molecule has 0 spiro atoms. The highest BCUT2D eigenvalue weighted by molar-refractivity contribution is 4.93. The van der Waals surface area contributed by atoms with E-state index in [1.807, 2.05) is 7.11 Å². The van der Waals surface area contributed by atoms with E-state index in [9.17, 15) is 0 Å². The molecule has 0 saturated carbocycles. The van der Waals surface area contributed by atoms with Gasteiger partial charge in [-0.3, -0.25) is 0 Å². The molecule has 0 radical (unpaired) electrons. The summed E-state index contributed by atoms with van der Waals surface area (Å²) >= 11 is 0. The number of hydrogen-bond donors (Lipinski definition) is 1. The van der Waals surface area contributed by atoms with Gasteiger partial charge in [-0.2, -0.15) is 0 Å². The van der Waals surface area contributed by atoms with Crippen LogP contribution in [0.15, 0.2) is 0 Å². The van der Waals surface area contributed by atoms with Gasteiger partial charge in [0.25, 0.3) is 0 Å². The first kappa shape index (κ1) is 10.0. The van der Waals surface area contributed by atoms with Gasteiger partial charge in [0.2, 0.25) is 0 Å². The molecule has 0 aromatic heterocycles. The molecule has 2 heteroatoms. The molecule has 1 fully saturated rings. The van der Waals surface area contributed by atoms with Gasteiger partial charge in [0.1, 0.15) is 0 Å². The summed E-state index contributed by atoms with van der Waals surface area (Å²) in [7, 11) is 1.83. The lowest BCUT2D eigenvalue weighted by atomic mass is 9.82. The quantitative estimate of drug-likeness (QED) is 0.699. The smallest absolute Gasteiger partial charge is 0.0691 e. The summed E-state index contributed by atoms with van der Waals surface area (Å²) in [4.78, 5) is 0. The standard InChI is InChI=1S/C10H21NO/c1-5-10(3,12-4)9-6-7-11-8(9)2/h8-9,11H,5-7H2,1-4H3. The second-order valence-electron chi connectivity index (χ2n) is 4.01. The van der Waals surface area contributed by atoms with E-state index in [4.69, 9.17) is 4.74 Å². The Morgan fingerprint density at radius 3 is 2.58 bits per heavy atom. The number of ether oxygens (including phenoxy) is 1. The van der Waals surface area contributed by atoms with Crippen molar-refractivity contribution in [3.63, 3.8) is 0 Å². The van der Waals surface area contributed by atoms with Gasteiger partial charge < -0.3 is 10.1 Å². The highest BCUT2D eigenvalue weighted by Crippen LogP contribution is 2.32. The Hall–Kier alpha value is -0.0800. The zero-order valence-corrected chi connectivity index (χ0v) is 8.68. The maximum Gasteiger partial charge on any atom is 0.0691 e. The molecule has 3 atom stereocenters. The number of hydrogen-bond acceptors (Lipinski definition) is 2. The molecule has 1 N–H and O–H groups in total. The minimum Gasteiger partial charge on any atom is -0.378 e. The molecule has 0 aromatic rings. The summed E-state index contributed by atoms with van der Waals surface area (Å²) in [5.74, 6) is 0.674. The fourth-order valence-corrected chi connectivity index (χ4v) is 2.25. The molecule has 2 nitrogen and oxygen atoms in total. The Morgan fingerprint density at radius 2 is 2.25 bits per heavy atom. The van der Waals surface area contributed by atoms with E-state index >= 15 is 0 Å². The van der Waals surface area contributed by atoms with Crippen LogP contribution in [0.4, 0.5) is 0 Å². The van der Waals surface area contributed by atoms with Gasteiger partial charge >= 0.3 is 0 Å². The summed E-state index contributed by atoms with van der Waals surface area (Å²) in [5.41, 5.74) is 0.0723. The van der Waals surface area contributed by atoms with Gasteiger partial charge in [-0.15, -0.1) is 0 Å². The first-order valence-electron chi connectivity index (χ1n) is 4.92. The lowest BCUT2D eigenvalue weighted by molar-refractivity contribution is -0.0484. The van der Waals surface area contributed by atoms with Gasteiger partial charge in [0, 0.05) is 19.1 Å². The van der Waals surface area contributed by atoms with Crippen LogP contribution < -0.4 is 5.32 Å². The molecule has 3 unspecified atom stereocenters. The highest BCUT2D eigenvalue weighted by atomic mass is 16.5. The van der Waals surface area contributed by atoms with Crippen LogP contribution in [0, 0.1) is 5.92 Å². The van der Waals surface area contributed by atoms with E-state index < -0.39 is 0 Å². The largest absolute Gasteiger partial charge is 0.378 e. The first-order valence-corrected chi connectivity index (χ1v) is 4.92. The molecule has 0 aromatic carbocycles. The van der Waals surface area contributed by atoms with Crippen molar-refractivity contribution < 1.29 is 4.74 Å². The van der Waals surface area contributed by atoms with Crippen molar-refractivity contribution >= 4 is 0 Å². The zero-order chi connectivity index (χ0) is 9.19. The Kier molecular flexibility index (Phi) is 3.13. The lowest BCUT2D eigenvalue weighted by Crippen LogP contribution is -2.41. The third-order valence-electron chi connectivity index (χ3n) is 3.48. The first-order chi connectivity index (χ1) is 5.64. The van der Waals surface area contributed by atoms with Crippen LogP contribution in [0.25, 0.3) is 0 Å². The monoisotopic (exact) mass is 171 g/mol. The van der Waals surface area contributed by atoms with Crippen LogP contribution in [0.1, 0.15) is 33.6 Å². The van der Waals surface area contributed by atoms with Gasteiger partial charge in [-0.25, -0.2) is 0 Å². The maximum atomic E-state index is 5.60. The second-order valence-corrected chi connectivity index (χ2v) is 4.01. The van der Waals surface area contributed by atoms with Gasteiger partial charge in [-0.05, 0) is 33.2 Å². The van der Waals surface area contributed by atoms with Crippen molar-refractivity contribution in [3.8, 4) is 0 Å². The molecule has 1 aliphatic rings. The summed E-state index contributed by atoms with van der Waals surface area (Å²) in [6.07, 6.45) is 2.35. The van der Waals surface area contributed by atoms with Crippen molar-refractivity contribution in [1.29, 1.82) is 0 Å². The third kappa shape index (κ3) is 1.64. The molecule has 0 amide bonds. The van der Waals surface area contributed by atoms with Crippen LogP contribution >= 0.6 is 0 Å². The van der Waals surface area contributed by atoms with E-state index in [0.29, 0.717) is 12.0 Å². The molecule has 1 aliphatic heterocycles. The highest BCUT2D eigenvalue weighted by Gasteiger charge is 2.38. The Balaban J connectivity index is 2.64. The van der Waals surface area contributed by atoms with Crippen molar-refractivity contribution in [2.45, 2.75) is 45.3 Å². The average Bonchev–Trinajstić information content (AvgIpc) is 2.51. The molecular formula is C10H21NO. The summed E-state index contributed by atoms with van der Waals surface area (Å²) in [6, 6.07) is 0.606. The third-order valence-corrected chi connectivity index (χ3v) is 3.48. The van der Waals surface area contributed by atoms with Crippen molar-refractivity contribution in [3.05, 3.63) is 0 Å². The Bertz CT molecular complexity index is 143. The van der Waals surface area contributed by atoms with Crippen LogP contribution in [0.3, 0.4) is 0 Å². The topological polar surface area (TPSA) is 21.3 Å². The predicted molar refractivity (Wildman–Crippen MR) is 51.3 cm³/mol. The number of rotatable bonds is 3. The lowest BCUT2D eigenvalue weighted by Gasteiger charge is -2.35. The Morgan fingerprint density at radius 1 is 1.58 bits per heavy atom. The van der Waals surface area contributed by atoms with E-state index in [2.05, 4.69) is 26.1 Å². The van der Waals surface area contributed by atoms with E-state index in [0.717, 1.165) is 13.0 Å². The van der Waals surface area contributed by atoms with Crippen molar-refractivity contribution in [1.82, 2.24) is 5.32 Å². The summed E-state index contributed by atoms with van der Waals surface area (Å²) in [5, 5.41) is 3.46. The summed E-state index contributed by atoms with van der Waals surface area (Å²) < 4.78 is 5.60. The van der Waals surface area contributed by atoms with Gasteiger partial charge in [-0.1, -0.05) is 6.92 Å². The second kappa shape index (κ2) is 3.75. The van der Waals surface area contributed by atoms with Gasteiger partial charge in [0.15, 0.2) is 0 Å². The van der Waals surface area contributed by atoms with E-state index in [1.165, 1.54) is 6.42 Å². The number of methoxy groups -OCH3 is 1. The SMILES string of the molecule is CCC(C)(OC)C1CCNC1C. The average molecular weight is 171 g/mol. The van der Waals surface area contributed by atoms with Crippen molar-refractivity contribution in [2.24, 2.45) is 5.92 Å². The molecule has 0 bridgehead atoms. The normalized spacial score (nSPS) is 35.0. The fourth-order valence-electron chi connectivity index (χ4n) is 2.25. The molecule has 72 valence electrons. The predicted octanol–water partition coefficient (Wildman–Crippen LogP) is 1.80. The van der Waals surface area contributed by atoms with Gasteiger partial charge in [0.05, 0.1) is 5.60 Å². The van der Waals surface area contributed by atoms with E-state index in [1.54, 1.807) is 0 Å². The van der Waals surface area contributed by atoms with E-state index in [-0.39, 0.29) is 5.60 Å². The maximum absolute atomic E-state index is 5.60. The molecule has 1 rings (SSSR count). The Labute approximate surface area is 75.7 Å². The fraction of sp³-hybridized carbons (Fsp3) is 1.00. The molecule has 12 heavy (non-hydrogen) atoms. The number of nitrogens with one attached hydrogen (secondary N) is 1. The summed E-state index contributed by atoms with van der Waals surface area (Å²) in [6.45, 7) is 7.82. The molecule has 1 saturated heterocycles. The molecular weight excluding hydrogens is 150 g/mol. The van der Waals surface area contributed by atoms with Crippen LogP contribution in [-0.4, -0.2) is 25.3 Å². The van der Waals surface area contributed by atoms with Crippen LogP contribution in [-0.2, 0) is 4.74 Å². The zero-order valence-electron chi connectivity index (χ0n) is 8.68. The van der Waals surface area contributed by atoms with Crippen LogP contribution in [0.2, 0.25) is 0 Å². The minimum absolute atomic E-state index is 0.0723. The molecule has 0 aliphatic carbocycles. The van der Waals surface area contributed by atoms with Crippen LogP contribution in [0.5, 0.6) is 0 Å². The minimum atomic E-state index is 0.0723. The molecule has 1 heterocycles.